The number of ether oxygens (including phenoxy) is 1. The Hall–Kier alpha value is -2.15. The molecule has 5 nitrogen and oxygen atoms in total. The number of halogens is 1. The topological polar surface area (TPSA) is 52.3 Å². The van der Waals surface area contributed by atoms with Gasteiger partial charge in [-0.25, -0.2) is 9.97 Å². The Balaban J connectivity index is 1.34. The molecule has 7 heteroatoms. The average molecular weight is 413 g/mol. The zero-order valence-electron chi connectivity index (χ0n) is 15.5. The van der Waals surface area contributed by atoms with Gasteiger partial charge in [0.1, 0.15) is 23.4 Å². The number of aliphatic imine (C=N–C) groups is 1. The average Bonchev–Trinajstić information content (AvgIpc) is 3.35. The fourth-order valence-electron chi connectivity index (χ4n) is 3.29. The maximum absolute atomic E-state index is 6.28. The number of rotatable bonds is 6. The van der Waals surface area contributed by atoms with Gasteiger partial charge in [-0.2, -0.15) is 0 Å². The summed E-state index contributed by atoms with van der Waals surface area (Å²) in [6.07, 6.45) is 11.5. The van der Waals surface area contributed by atoms with Crippen LogP contribution < -0.4 is 0 Å². The van der Waals surface area contributed by atoms with E-state index in [2.05, 4.69) is 43.8 Å². The van der Waals surface area contributed by atoms with Gasteiger partial charge in [0.2, 0.25) is 0 Å². The summed E-state index contributed by atoms with van der Waals surface area (Å²) in [5.74, 6) is 0.934. The van der Waals surface area contributed by atoms with Crippen LogP contribution in [0.1, 0.15) is 24.6 Å². The summed E-state index contributed by atoms with van der Waals surface area (Å²) in [6.45, 7) is 0. The maximum Gasteiger partial charge on any atom is 0.146 e. The Morgan fingerprint density at radius 3 is 2.93 bits per heavy atom. The maximum atomic E-state index is 6.28. The minimum atomic E-state index is 0.00168. The first-order valence-electron chi connectivity index (χ1n) is 9.19. The predicted octanol–water partition coefficient (Wildman–Crippen LogP) is 5.27. The van der Waals surface area contributed by atoms with Crippen molar-refractivity contribution in [2.45, 2.75) is 30.1 Å². The van der Waals surface area contributed by atoms with Crippen molar-refractivity contribution in [3.63, 3.8) is 0 Å². The van der Waals surface area contributed by atoms with Crippen molar-refractivity contribution < 1.29 is 4.74 Å². The number of thioether (sulfide) groups is 1. The molecule has 0 aliphatic carbocycles. The minimum Gasteiger partial charge on any atom is -0.354 e. The van der Waals surface area contributed by atoms with Gasteiger partial charge >= 0.3 is 0 Å². The highest BCUT2D eigenvalue weighted by atomic mass is 35.5. The molecule has 0 saturated carbocycles. The Bertz CT molecular complexity index is 999. The number of aromatic nitrogens is 3. The highest BCUT2D eigenvalue weighted by Gasteiger charge is 2.27. The molecule has 1 saturated heterocycles. The van der Waals surface area contributed by atoms with Crippen molar-refractivity contribution in [3.8, 4) is 0 Å². The lowest BCUT2D eigenvalue weighted by Gasteiger charge is -2.15. The van der Waals surface area contributed by atoms with E-state index in [1.807, 2.05) is 36.2 Å². The number of hydrogen-bond donors (Lipinski definition) is 0. The lowest BCUT2D eigenvalue weighted by atomic mass is 10.2. The summed E-state index contributed by atoms with van der Waals surface area (Å²) in [5.41, 5.74) is 2.00. The summed E-state index contributed by atoms with van der Waals surface area (Å²) in [6, 6.07) is 10.5. The van der Waals surface area contributed by atoms with Crippen molar-refractivity contribution in [1.82, 2.24) is 14.5 Å². The molecular weight excluding hydrogens is 392 g/mol. The van der Waals surface area contributed by atoms with Gasteiger partial charge in [0.25, 0.3) is 0 Å². The SMILES string of the molecule is C/N=C\C=C/c1ccc(SCC2CCC(n3ccc4c(Cl)ncnc43)O2)cc1. The lowest BCUT2D eigenvalue weighted by molar-refractivity contribution is 0.0157. The third kappa shape index (κ3) is 4.29. The van der Waals surface area contributed by atoms with Crippen molar-refractivity contribution in [2.24, 2.45) is 4.99 Å². The lowest BCUT2D eigenvalue weighted by Crippen LogP contribution is -2.13. The quantitative estimate of drug-likeness (QED) is 0.314. The molecule has 1 aliphatic rings. The highest BCUT2D eigenvalue weighted by molar-refractivity contribution is 7.99. The third-order valence-corrected chi connectivity index (χ3v) is 6.14. The number of nitrogens with zero attached hydrogens (tertiary/aromatic N) is 4. The van der Waals surface area contributed by atoms with E-state index in [1.54, 1.807) is 13.3 Å². The van der Waals surface area contributed by atoms with E-state index in [9.17, 15) is 0 Å². The minimum absolute atomic E-state index is 0.00168. The fraction of sp³-hybridized carbons (Fsp3) is 0.286. The molecule has 144 valence electrons. The standard InChI is InChI=1S/C21H21ClN4OS/c1-23-11-2-3-15-4-7-17(8-5-15)28-13-16-6-9-19(27-16)26-12-10-18-20(22)24-14-25-21(18)26/h2-5,7-8,10-12,14,16,19H,6,9,13H2,1H3/b3-2-,23-11-. The first-order valence-corrected chi connectivity index (χ1v) is 10.5. The molecule has 0 radical (unpaired) electrons. The van der Waals surface area contributed by atoms with Crippen LogP contribution in [-0.4, -0.2) is 39.7 Å². The molecule has 4 rings (SSSR count). The van der Waals surface area contributed by atoms with Crippen molar-refractivity contribution in [2.75, 3.05) is 12.8 Å². The van der Waals surface area contributed by atoms with Crippen LogP contribution in [0.3, 0.4) is 0 Å². The van der Waals surface area contributed by atoms with Gasteiger partial charge in [-0.1, -0.05) is 29.8 Å². The molecule has 0 amide bonds. The molecule has 2 atom stereocenters. The van der Waals surface area contributed by atoms with Crippen LogP contribution in [-0.2, 0) is 4.74 Å². The first-order chi connectivity index (χ1) is 13.7. The second-order valence-electron chi connectivity index (χ2n) is 6.56. The molecule has 2 unspecified atom stereocenters. The Labute approximate surface area is 173 Å². The predicted molar refractivity (Wildman–Crippen MR) is 116 cm³/mol. The highest BCUT2D eigenvalue weighted by Crippen LogP contribution is 2.34. The molecule has 1 aliphatic heterocycles. The molecule has 0 spiro atoms. The van der Waals surface area contributed by atoms with Gasteiger partial charge < -0.3 is 9.30 Å². The molecule has 28 heavy (non-hydrogen) atoms. The Morgan fingerprint density at radius 1 is 1.25 bits per heavy atom. The molecular formula is C21H21ClN4OS. The van der Waals surface area contributed by atoms with Crippen LogP contribution in [0.2, 0.25) is 5.15 Å². The van der Waals surface area contributed by atoms with E-state index in [4.69, 9.17) is 16.3 Å². The molecule has 1 aromatic carbocycles. The van der Waals surface area contributed by atoms with Gasteiger partial charge in [0.15, 0.2) is 0 Å². The van der Waals surface area contributed by atoms with Gasteiger partial charge in [0, 0.05) is 30.1 Å². The molecule has 3 aromatic rings. The van der Waals surface area contributed by atoms with Crippen LogP contribution in [0.15, 0.2) is 58.8 Å². The second-order valence-corrected chi connectivity index (χ2v) is 8.01. The summed E-state index contributed by atoms with van der Waals surface area (Å²) >= 11 is 7.98. The van der Waals surface area contributed by atoms with E-state index in [-0.39, 0.29) is 12.3 Å². The summed E-state index contributed by atoms with van der Waals surface area (Å²) in [7, 11) is 1.77. The molecule has 0 bridgehead atoms. The van der Waals surface area contributed by atoms with Crippen LogP contribution in [0.25, 0.3) is 17.1 Å². The van der Waals surface area contributed by atoms with E-state index in [0.29, 0.717) is 5.15 Å². The van der Waals surface area contributed by atoms with E-state index < -0.39 is 0 Å². The number of allylic oxidation sites excluding steroid dienone is 1. The second kappa shape index (κ2) is 8.90. The number of hydrogen-bond acceptors (Lipinski definition) is 5. The smallest absolute Gasteiger partial charge is 0.146 e. The number of benzene rings is 1. The molecule has 1 fully saturated rings. The monoisotopic (exact) mass is 412 g/mol. The largest absolute Gasteiger partial charge is 0.354 e. The Morgan fingerprint density at radius 2 is 2.11 bits per heavy atom. The van der Waals surface area contributed by atoms with E-state index in [1.165, 1.54) is 16.8 Å². The van der Waals surface area contributed by atoms with Crippen molar-refractivity contribution in [1.29, 1.82) is 0 Å². The van der Waals surface area contributed by atoms with Crippen LogP contribution in [0.4, 0.5) is 0 Å². The van der Waals surface area contributed by atoms with E-state index in [0.717, 1.165) is 29.6 Å². The van der Waals surface area contributed by atoms with Crippen LogP contribution in [0.5, 0.6) is 0 Å². The summed E-state index contributed by atoms with van der Waals surface area (Å²) in [5, 5.41) is 1.35. The van der Waals surface area contributed by atoms with Gasteiger partial charge in [-0.05, 0) is 42.7 Å². The first kappa shape index (κ1) is 19.2. The zero-order valence-corrected chi connectivity index (χ0v) is 17.1. The van der Waals surface area contributed by atoms with Crippen molar-refractivity contribution in [3.05, 3.63) is 59.6 Å². The van der Waals surface area contributed by atoms with Gasteiger partial charge in [-0.3, -0.25) is 4.99 Å². The Kier molecular flexibility index (Phi) is 6.10. The third-order valence-electron chi connectivity index (χ3n) is 4.70. The van der Waals surface area contributed by atoms with Crippen LogP contribution in [0, 0.1) is 0 Å². The van der Waals surface area contributed by atoms with Crippen LogP contribution >= 0.6 is 23.4 Å². The molecule has 0 N–H and O–H groups in total. The summed E-state index contributed by atoms with van der Waals surface area (Å²) in [4.78, 5) is 13.6. The normalized spacial score (nSPS) is 20.1. The van der Waals surface area contributed by atoms with Gasteiger partial charge in [0.05, 0.1) is 11.5 Å². The summed E-state index contributed by atoms with van der Waals surface area (Å²) < 4.78 is 8.34. The van der Waals surface area contributed by atoms with Gasteiger partial charge in [-0.15, -0.1) is 11.8 Å². The van der Waals surface area contributed by atoms with Crippen molar-refractivity contribution >= 4 is 46.7 Å². The number of fused-ring (bicyclic) bond motifs is 1. The van der Waals surface area contributed by atoms with E-state index >= 15 is 0 Å². The molecule has 2 aromatic heterocycles. The zero-order chi connectivity index (χ0) is 19.3. The fourth-order valence-corrected chi connectivity index (χ4v) is 4.43. The molecule has 3 heterocycles.